The molecule has 5 nitrogen and oxygen atoms in total. The van der Waals surface area contributed by atoms with E-state index in [-0.39, 0.29) is 30.6 Å². The van der Waals surface area contributed by atoms with Crippen LogP contribution in [-0.4, -0.2) is 21.7 Å². The fourth-order valence-electron chi connectivity index (χ4n) is 3.53. The molecule has 1 aromatic heterocycles. The highest BCUT2D eigenvalue weighted by Crippen LogP contribution is 2.35. The normalized spacial score (nSPS) is 15.3. The molecule has 0 spiro atoms. The maximum Gasteiger partial charge on any atom is 0.256 e. The van der Waals surface area contributed by atoms with Crippen LogP contribution in [0.2, 0.25) is 0 Å². The van der Waals surface area contributed by atoms with Gasteiger partial charge in [0.25, 0.3) is 5.91 Å². The molecular weight excluding hydrogens is 369 g/mol. The van der Waals surface area contributed by atoms with Crippen LogP contribution in [0.25, 0.3) is 0 Å². The smallest absolute Gasteiger partial charge is 0.256 e. The van der Waals surface area contributed by atoms with Crippen LogP contribution in [0.5, 0.6) is 0 Å². The maximum atomic E-state index is 13.2. The van der Waals surface area contributed by atoms with Gasteiger partial charge in [0.1, 0.15) is 5.82 Å². The first-order chi connectivity index (χ1) is 14.1. The molecule has 146 valence electrons. The van der Waals surface area contributed by atoms with Crippen molar-refractivity contribution in [2.24, 2.45) is 0 Å². The molecule has 1 aliphatic heterocycles. The Labute approximate surface area is 168 Å². The van der Waals surface area contributed by atoms with Crippen LogP contribution < -0.4 is 5.32 Å². The van der Waals surface area contributed by atoms with E-state index < -0.39 is 6.04 Å². The Morgan fingerprint density at radius 3 is 2.52 bits per heavy atom. The largest absolute Gasteiger partial charge is 0.352 e. The van der Waals surface area contributed by atoms with E-state index in [1.807, 2.05) is 30.3 Å². The number of halogens is 1. The Balaban J connectivity index is 1.51. The van der Waals surface area contributed by atoms with Crippen LogP contribution in [0.4, 0.5) is 4.39 Å². The molecule has 4 rings (SSSR count). The molecule has 29 heavy (non-hydrogen) atoms. The summed E-state index contributed by atoms with van der Waals surface area (Å²) in [5.74, 6) is -0.657. The molecule has 0 aliphatic carbocycles. The lowest BCUT2D eigenvalue weighted by Crippen LogP contribution is -2.32. The number of amides is 2. The summed E-state index contributed by atoms with van der Waals surface area (Å²) in [5, 5.41) is 2.91. The highest BCUT2D eigenvalue weighted by atomic mass is 19.1. The van der Waals surface area contributed by atoms with E-state index in [1.165, 1.54) is 12.1 Å². The second-order valence-corrected chi connectivity index (χ2v) is 6.98. The highest BCUT2D eigenvalue weighted by molar-refractivity contribution is 5.99. The Morgan fingerprint density at radius 2 is 1.76 bits per heavy atom. The summed E-state index contributed by atoms with van der Waals surface area (Å²) in [5.41, 5.74) is 2.91. The molecule has 0 saturated carbocycles. The molecule has 0 fully saturated rings. The number of hydrogen-bond acceptors (Lipinski definition) is 3. The highest BCUT2D eigenvalue weighted by Gasteiger charge is 2.38. The molecule has 0 radical (unpaired) electrons. The van der Waals surface area contributed by atoms with Crippen molar-refractivity contribution in [3.05, 3.63) is 101 Å². The molecule has 3 aromatic rings. The second-order valence-electron chi connectivity index (χ2n) is 6.98. The average Bonchev–Trinajstić information content (AvgIpc) is 3.01. The zero-order valence-corrected chi connectivity index (χ0v) is 15.7. The molecule has 1 atom stereocenters. The molecule has 0 unspecified atom stereocenters. The number of pyridine rings is 1. The standard InChI is InChI=1S/C23H20FN3O2/c24-18-10-8-17(9-11-18)15-27-20(22-19(23(27)29)7-4-12-25-22)13-21(28)26-14-16-5-2-1-3-6-16/h1-12,20H,13-15H2,(H,26,28)/t20-/m0/s1. The van der Waals surface area contributed by atoms with E-state index in [4.69, 9.17) is 0 Å². The van der Waals surface area contributed by atoms with Gasteiger partial charge >= 0.3 is 0 Å². The van der Waals surface area contributed by atoms with Crippen LogP contribution in [0.15, 0.2) is 72.9 Å². The Morgan fingerprint density at radius 1 is 1.00 bits per heavy atom. The number of rotatable bonds is 6. The van der Waals surface area contributed by atoms with E-state index in [0.29, 0.717) is 17.8 Å². The SMILES string of the molecule is O=C(C[C@H]1c2ncccc2C(=O)N1Cc1ccc(F)cc1)NCc1ccccc1. The molecule has 2 amide bonds. The van der Waals surface area contributed by atoms with Gasteiger partial charge in [0.2, 0.25) is 5.91 Å². The third kappa shape index (κ3) is 4.16. The van der Waals surface area contributed by atoms with Crippen molar-refractivity contribution >= 4 is 11.8 Å². The third-order valence-electron chi connectivity index (χ3n) is 5.00. The molecule has 0 saturated heterocycles. The van der Waals surface area contributed by atoms with Gasteiger partial charge in [-0.15, -0.1) is 0 Å². The molecule has 0 bridgehead atoms. The molecule has 2 aromatic carbocycles. The molecule has 1 aliphatic rings. The summed E-state index contributed by atoms with van der Waals surface area (Å²) < 4.78 is 13.2. The Kier molecular flexibility index (Phi) is 5.33. The van der Waals surface area contributed by atoms with Gasteiger partial charge in [-0.3, -0.25) is 14.6 Å². The van der Waals surface area contributed by atoms with E-state index in [9.17, 15) is 14.0 Å². The zero-order valence-electron chi connectivity index (χ0n) is 15.7. The monoisotopic (exact) mass is 389 g/mol. The molecule has 6 heteroatoms. The van der Waals surface area contributed by atoms with Crippen LogP contribution in [0.3, 0.4) is 0 Å². The lowest BCUT2D eigenvalue weighted by molar-refractivity contribution is -0.122. The zero-order chi connectivity index (χ0) is 20.2. The van der Waals surface area contributed by atoms with Gasteiger partial charge in [0.05, 0.1) is 23.7 Å². The number of fused-ring (bicyclic) bond motifs is 1. The number of nitrogens with zero attached hydrogens (tertiary/aromatic N) is 2. The Hall–Kier alpha value is -3.54. The van der Waals surface area contributed by atoms with Crippen molar-refractivity contribution in [1.82, 2.24) is 15.2 Å². The van der Waals surface area contributed by atoms with Gasteiger partial charge in [-0.05, 0) is 35.4 Å². The first-order valence-electron chi connectivity index (χ1n) is 9.43. The topological polar surface area (TPSA) is 62.3 Å². The summed E-state index contributed by atoms with van der Waals surface area (Å²) >= 11 is 0. The minimum Gasteiger partial charge on any atom is -0.352 e. The summed E-state index contributed by atoms with van der Waals surface area (Å²) in [6.07, 6.45) is 1.74. The van der Waals surface area contributed by atoms with Crippen molar-refractivity contribution in [2.45, 2.75) is 25.6 Å². The number of nitrogens with one attached hydrogen (secondary N) is 1. The summed E-state index contributed by atoms with van der Waals surface area (Å²) in [6, 6.07) is 18.6. The molecular formula is C23H20FN3O2. The van der Waals surface area contributed by atoms with Crippen molar-refractivity contribution in [3.63, 3.8) is 0 Å². The predicted molar refractivity (Wildman–Crippen MR) is 106 cm³/mol. The van der Waals surface area contributed by atoms with Crippen molar-refractivity contribution in [3.8, 4) is 0 Å². The van der Waals surface area contributed by atoms with Gasteiger partial charge in [-0.25, -0.2) is 4.39 Å². The minimum absolute atomic E-state index is 0.115. The van der Waals surface area contributed by atoms with Gasteiger partial charge in [-0.1, -0.05) is 42.5 Å². The van der Waals surface area contributed by atoms with E-state index in [2.05, 4.69) is 10.3 Å². The second kappa shape index (κ2) is 8.22. The lowest BCUT2D eigenvalue weighted by atomic mass is 10.1. The summed E-state index contributed by atoms with van der Waals surface area (Å²) in [6.45, 7) is 0.708. The van der Waals surface area contributed by atoms with E-state index in [0.717, 1.165) is 11.1 Å². The first-order valence-corrected chi connectivity index (χ1v) is 9.43. The Bertz CT molecular complexity index is 1020. The number of benzene rings is 2. The molecule has 2 heterocycles. The number of carbonyl (C=O) groups excluding carboxylic acids is 2. The van der Waals surface area contributed by atoms with Crippen LogP contribution in [0.1, 0.15) is 39.6 Å². The van der Waals surface area contributed by atoms with Gasteiger partial charge in [0, 0.05) is 19.3 Å². The molecule has 1 N–H and O–H groups in total. The quantitative estimate of drug-likeness (QED) is 0.700. The fourth-order valence-corrected chi connectivity index (χ4v) is 3.53. The predicted octanol–water partition coefficient (Wildman–Crippen LogP) is 3.62. The van der Waals surface area contributed by atoms with E-state index in [1.54, 1.807) is 35.4 Å². The number of carbonyl (C=O) groups is 2. The summed E-state index contributed by atoms with van der Waals surface area (Å²) in [4.78, 5) is 31.5. The number of hydrogen-bond donors (Lipinski definition) is 1. The van der Waals surface area contributed by atoms with Gasteiger partial charge < -0.3 is 10.2 Å². The summed E-state index contributed by atoms with van der Waals surface area (Å²) in [7, 11) is 0. The van der Waals surface area contributed by atoms with Crippen LogP contribution in [0, 0.1) is 5.82 Å². The van der Waals surface area contributed by atoms with Crippen LogP contribution >= 0.6 is 0 Å². The maximum absolute atomic E-state index is 13.2. The minimum atomic E-state index is -0.459. The van der Waals surface area contributed by atoms with E-state index >= 15 is 0 Å². The van der Waals surface area contributed by atoms with Crippen molar-refractivity contribution in [2.75, 3.05) is 0 Å². The average molecular weight is 389 g/mol. The number of aromatic nitrogens is 1. The lowest BCUT2D eigenvalue weighted by Gasteiger charge is -2.24. The fraction of sp³-hybridized carbons (Fsp3) is 0.174. The van der Waals surface area contributed by atoms with Gasteiger partial charge in [0.15, 0.2) is 0 Å². The van der Waals surface area contributed by atoms with Gasteiger partial charge in [-0.2, -0.15) is 0 Å². The first kappa shape index (κ1) is 18.8. The van der Waals surface area contributed by atoms with Crippen LogP contribution in [-0.2, 0) is 17.9 Å². The van der Waals surface area contributed by atoms with Crippen molar-refractivity contribution < 1.29 is 14.0 Å². The third-order valence-corrected chi connectivity index (χ3v) is 5.00. The van der Waals surface area contributed by atoms with Crippen molar-refractivity contribution in [1.29, 1.82) is 0 Å².